The zero-order valence-corrected chi connectivity index (χ0v) is 16.5. The van der Waals surface area contributed by atoms with Gasteiger partial charge in [-0.05, 0) is 49.1 Å². The summed E-state index contributed by atoms with van der Waals surface area (Å²) in [5, 5.41) is 3.47. The van der Waals surface area contributed by atoms with Crippen molar-refractivity contribution in [3.05, 3.63) is 59.2 Å². The van der Waals surface area contributed by atoms with Crippen molar-refractivity contribution in [2.24, 2.45) is 5.92 Å². The number of hydrogen-bond acceptors (Lipinski definition) is 3. The van der Waals surface area contributed by atoms with Crippen LogP contribution in [0.1, 0.15) is 37.0 Å². The zero-order chi connectivity index (χ0) is 17.4. The topological polar surface area (TPSA) is 30.5 Å². The highest BCUT2D eigenvalue weighted by molar-refractivity contribution is 5.85. The van der Waals surface area contributed by atoms with E-state index < -0.39 is 0 Å². The molecule has 0 fully saturated rings. The van der Waals surface area contributed by atoms with Crippen LogP contribution in [0.2, 0.25) is 0 Å². The first kappa shape index (κ1) is 21.3. The number of hydrogen-bond donors (Lipinski definition) is 1. The lowest BCUT2D eigenvalue weighted by molar-refractivity contribution is 0.284. The van der Waals surface area contributed by atoms with Gasteiger partial charge in [-0.25, -0.2) is 0 Å². The highest BCUT2D eigenvalue weighted by Gasteiger charge is 2.06. The Morgan fingerprint density at radius 3 is 2.48 bits per heavy atom. The average molecular weight is 364 g/mol. The molecule has 0 heterocycles. The summed E-state index contributed by atoms with van der Waals surface area (Å²) in [6.45, 7) is 9.00. The molecule has 0 saturated carbocycles. The van der Waals surface area contributed by atoms with Crippen molar-refractivity contribution in [1.82, 2.24) is 5.32 Å². The standard InChI is InChI=1S/C21H29NO2.ClH/c1-16(2)10-11-22-14-18-8-9-20(21(13-18)23-4)24-15-19-7-5-6-17(3)12-19;/h5-9,12-13,16,22H,10-11,14-15H2,1-4H3;1H. The van der Waals surface area contributed by atoms with Crippen LogP contribution in [0.15, 0.2) is 42.5 Å². The van der Waals surface area contributed by atoms with Crippen LogP contribution in [-0.2, 0) is 13.2 Å². The van der Waals surface area contributed by atoms with Gasteiger partial charge >= 0.3 is 0 Å². The Balaban J connectivity index is 0.00000312. The van der Waals surface area contributed by atoms with Gasteiger partial charge in [0.05, 0.1) is 7.11 Å². The monoisotopic (exact) mass is 363 g/mol. The molecule has 0 radical (unpaired) electrons. The molecule has 0 aliphatic rings. The minimum absolute atomic E-state index is 0. The zero-order valence-electron chi connectivity index (χ0n) is 15.7. The van der Waals surface area contributed by atoms with Crippen LogP contribution in [0.3, 0.4) is 0 Å². The smallest absolute Gasteiger partial charge is 0.161 e. The van der Waals surface area contributed by atoms with Crippen molar-refractivity contribution in [2.75, 3.05) is 13.7 Å². The van der Waals surface area contributed by atoms with E-state index in [4.69, 9.17) is 9.47 Å². The van der Waals surface area contributed by atoms with Crippen molar-refractivity contribution in [3.63, 3.8) is 0 Å². The molecule has 2 aromatic rings. The van der Waals surface area contributed by atoms with Gasteiger partial charge < -0.3 is 14.8 Å². The number of benzene rings is 2. The Morgan fingerprint density at radius 2 is 1.80 bits per heavy atom. The predicted molar refractivity (Wildman–Crippen MR) is 107 cm³/mol. The van der Waals surface area contributed by atoms with Gasteiger partial charge in [0.2, 0.25) is 0 Å². The molecule has 0 saturated heterocycles. The number of halogens is 1. The van der Waals surface area contributed by atoms with Gasteiger partial charge in [-0.1, -0.05) is 49.7 Å². The summed E-state index contributed by atoms with van der Waals surface area (Å²) in [5.41, 5.74) is 3.61. The molecule has 0 spiro atoms. The van der Waals surface area contributed by atoms with Crippen LogP contribution < -0.4 is 14.8 Å². The maximum Gasteiger partial charge on any atom is 0.161 e. The number of ether oxygens (including phenoxy) is 2. The molecule has 0 atom stereocenters. The first-order valence-corrected chi connectivity index (χ1v) is 8.64. The van der Waals surface area contributed by atoms with Crippen molar-refractivity contribution in [3.8, 4) is 11.5 Å². The van der Waals surface area contributed by atoms with Crippen molar-refractivity contribution in [2.45, 2.75) is 40.3 Å². The minimum Gasteiger partial charge on any atom is -0.493 e. The molecule has 0 unspecified atom stereocenters. The normalized spacial score (nSPS) is 10.4. The van der Waals surface area contributed by atoms with E-state index in [0.717, 1.165) is 36.1 Å². The second kappa shape index (κ2) is 11.0. The Morgan fingerprint density at radius 1 is 1.00 bits per heavy atom. The molecule has 3 nitrogen and oxygen atoms in total. The Labute approximate surface area is 158 Å². The van der Waals surface area contributed by atoms with Crippen LogP contribution >= 0.6 is 12.4 Å². The van der Waals surface area contributed by atoms with Gasteiger partial charge in [0.1, 0.15) is 6.61 Å². The second-order valence-electron chi connectivity index (χ2n) is 6.62. The third kappa shape index (κ3) is 7.37. The molecule has 0 aromatic heterocycles. The van der Waals surface area contributed by atoms with Crippen LogP contribution in [0, 0.1) is 12.8 Å². The molecule has 0 amide bonds. The van der Waals surface area contributed by atoms with E-state index in [9.17, 15) is 0 Å². The van der Waals surface area contributed by atoms with E-state index in [1.807, 2.05) is 12.1 Å². The van der Waals surface area contributed by atoms with E-state index in [-0.39, 0.29) is 12.4 Å². The molecule has 0 bridgehead atoms. The fourth-order valence-electron chi connectivity index (χ4n) is 2.53. The van der Waals surface area contributed by atoms with E-state index >= 15 is 0 Å². The van der Waals surface area contributed by atoms with Crippen molar-refractivity contribution >= 4 is 12.4 Å². The Hall–Kier alpha value is -1.71. The van der Waals surface area contributed by atoms with Gasteiger partial charge in [0, 0.05) is 6.54 Å². The maximum atomic E-state index is 5.94. The lowest BCUT2D eigenvalue weighted by atomic mass is 10.1. The Kier molecular flexibility index (Phi) is 9.40. The highest BCUT2D eigenvalue weighted by atomic mass is 35.5. The van der Waals surface area contributed by atoms with E-state index in [1.54, 1.807) is 7.11 Å². The molecule has 2 rings (SSSR count). The molecular weight excluding hydrogens is 334 g/mol. The molecule has 138 valence electrons. The van der Waals surface area contributed by atoms with Crippen LogP contribution in [0.5, 0.6) is 11.5 Å². The number of rotatable bonds is 9. The molecular formula is C21H30ClNO2. The summed E-state index contributed by atoms with van der Waals surface area (Å²) in [6.07, 6.45) is 1.19. The average Bonchev–Trinajstić information content (AvgIpc) is 2.57. The fourth-order valence-corrected chi connectivity index (χ4v) is 2.53. The van der Waals surface area contributed by atoms with Gasteiger partial charge in [-0.15, -0.1) is 12.4 Å². The van der Waals surface area contributed by atoms with Crippen LogP contribution in [0.4, 0.5) is 0 Å². The minimum atomic E-state index is 0. The van der Waals surface area contributed by atoms with Gasteiger partial charge in [0.25, 0.3) is 0 Å². The summed E-state index contributed by atoms with van der Waals surface area (Å²) in [4.78, 5) is 0. The second-order valence-corrected chi connectivity index (χ2v) is 6.62. The van der Waals surface area contributed by atoms with E-state index in [2.05, 4.69) is 56.4 Å². The van der Waals surface area contributed by atoms with E-state index in [1.165, 1.54) is 17.5 Å². The summed E-state index contributed by atoms with van der Waals surface area (Å²) >= 11 is 0. The molecule has 2 aromatic carbocycles. The first-order chi connectivity index (χ1) is 11.6. The van der Waals surface area contributed by atoms with Gasteiger partial charge in [-0.3, -0.25) is 0 Å². The molecule has 0 aliphatic carbocycles. The quantitative estimate of drug-likeness (QED) is 0.625. The van der Waals surface area contributed by atoms with Crippen LogP contribution in [-0.4, -0.2) is 13.7 Å². The highest BCUT2D eigenvalue weighted by Crippen LogP contribution is 2.29. The molecule has 4 heteroatoms. The first-order valence-electron chi connectivity index (χ1n) is 8.64. The summed E-state index contributed by atoms with van der Waals surface area (Å²) in [6, 6.07) is 14.5. The lowest BCUT2D eigenvalue weighted by Crippen LogP contribution is -2.16. The fraction of sp³-hybridized carbons (Fsp3) is 0.429. The van der Waals surface area contributed by atoms with Crippen molar-refractivity contribution < 1.29 is 9.47 Å². The molecule has 1 N–H and O–H groups in total. The number of nitrogens with one attached hydrogen (secondary N) is 1. The lowest BCUT2D eigenvalue weighted by Gasteiger charge is -2.13. The Bertz CT molecular complexity index is 644. The largest absolute Gasteiger partial charge is 0.493 e. The molecule has 0 aliphatic heterocycles. The van der Waals surface area contributed by atoms with E-state index in [0.29, 0.717) is 6.61 Å². The summed E-state index contributed by atoms with van der Waals surface area (Å²) in [5.74, 6) is 2.29. The van der Waals surface area contributed by atoms with Gasteiger partial charge in [-0.2, -0.15) is 0 Å². The summed E-state index contributed by atoms with van der Waals surface area (Å²) in [7, 11) is 1.69. The molecule has 25 heavy (non-hydrogen) atoms. The SMILES string of the molecule is COc1cc(CNCCC(C)C)ccc1OCc1cccc(C)c1.Cl. The number of aryl methyl sites for hydroxylation is 1. The van der Waals surface area contributed by atoms with Crippen molar-refractivity contribution in [1.29, 1.82) is 0 Å². The predicted octanol–water partition coefficient (Wildman–Crippen LogP) is 5.14. The maximum absolute atomic E-state index is 5.94. The summed E-state index contributed by atoms with van der Waals surface area (Å²) < 4.78 is 11.4. The third-order valence-corrected chi connectivity index (χ3v) is 3.93. The van der Waals surface area contributed by atoms with Gasteiger partial charge in [0.15, 0.2) is 11.5 Å². The number of methoxy groups -OCH3 is 1. The van der Waals surface area contributed by atoms with Crippen LogP contribution in [0.25, 0.3) is 0 Å². The third-order valence-electron chi connectivity index (χ3n) is 3.93.